The summed E-state index contributed by atoms with van der Waals surface area (Å²) < 4.78 is 4.93. The Hall–Kier alpha value is -2.72. The topological polar surface area (TPSA) is 42.4 Å². The van der Waals surface area contributed by atoms with Gasteiger partial charge in [0.15, 0.2) is 0 Å². The molecule has 0 spiro atoms. The highest BCUT2D eigenvalue weighted by Crippen LogP contribution is 2.30. The number of carbonyl (C=O) groups is 1. The van der Waals surface area contributed by atoms with E-state index in [2.05, 4.69) is 28.1 Å². The lowest BCUT2D eigenvalue weighted by Crippen LogP contribution is -2.27. The van der Waals surface area contributed by atoms with Crippen LogP contribution in [0, 0.1) is 0 Å². The van der Waals surface area contributed by atoms with E-state index in [0.29, 0.717) is 0 Å². The maximum Gasteiger partial charge on any atom is 0.307 e. The van der Waals surface area contributed by atoms with E-state index in [9.17, 15) is 4.79 Å². The van der Waals surface area contributed by atoms with Gasteiger partial charge in [0.2, 0.25) is 0 Å². The predicted molar refractivity (Wildman–Crippen MR) is 99.0 cm³/mol. The van der Waals surface area contributed by atoms with E-state index in [1.54, 1.807) is 0 Å². The van der Waals surface area contributed by atoms with Gasteiger partial charge in [-0.3, -0.25) is 14.7 Å². The number of carbonyl (C=O) groups excluding carboxylic acids is 1. The van der Waals surface area contributed by atoms with E-state index in [1.165, 1.54) is 12.7 Å². The molecule has 0 N–H and O–H groups in total. The van der Waals surface area contributed by atoms with Crippen molar-refractivity contribution in [3.63, 3.8) is 0 Å². The molecule has 0 radical (unpaired) electrons. The van der Waals surface area contributed by atoms with Crippen molar-refractivity contribution in [3.8, 4) is 0 Å². The molecule has 0 saturated carbocycles. The van der Waals surface area contributed by atoms with Crippen LogP contribution in [0.4, 0.5) is 0 Å². The van der Waals surface area contributed by atoms with Gasteiger partial charge in [-0.2, -0.15) is 0 Å². The molecule has 4 heteroatoms. The largest absolute Gasteiger partial charge is 0.469 e. The Kier molecular flexibility index (Phi) is 5.41. The van der Waals surface area contributed by atoms with Crippen molar-refractivity contribution in [1.29, 1.82) is 0 Å². The first-order valence-electron chi connectivity index (χ1n) is 8.32. The Morgan fingerprint density at radius 2 is 1.80 bits per heavy atom. The van der Waals surface area contributed by atoms with E-state index in [1.807, 2.05) is 55.8 Å². The molecule has 0 aliphatic heterocycles. The average Bonchev–Trinajstić information content (AvgIpc) is 2.66. The first kappa shape index (κ1) is 17.1. The highest BCUT2D eigenvalue weighted by molar-refractivity contribution is 5.85. The van der Waals surface area contributed by atoms with E-state index < -0.39 is 0 Å². The van der Waals surface area contributed by atoms with Crippen molar-refractivity contribution in [2.24, 2.45) is 0 Å². The molecule has 1 aromatic heterocycles. The number of nitrogens with zero attached hydrogens (tertiary/aromatic N) is 2. The zero-order chi connectivity index (χ0) is 17.6. The molecule has 4 nitrogen and oxygen atoms in total. The Morgan fingerprint density at radius 1 is 1.08 bits per heavy atom. The maximum atomic E-state index is 12.0. The number of methoxy groups -OCH3 is 1. The van der Waals surface area contributed by atoms with Gasteiger partial charge in [-0.15, -0.1) is 0 Å². The summed E-state index contributed by atoms with van der Waals surface area (Å²) in [5.41, 5.74) is 2.25. The van der Waals surface area contributed by atoms with Crippen molar-refractivity contribution >= 4 is 16.7 Å². The van der Waals surface area contributed by atoms with Crippen LogP contribution in [0.1, 0.15) is 23.6 Å². The zero-order valence-corrected chi connectivity index (χ0v) is 14.6. The summed E-state index contributed by atoms with van der Waals surface area (Å²) in [6, 6.07) is 18.3. The lowest BCUT2D eigenvalue weighted by atomic mass is 9.97. The molecule has 0 amide bonds. The van der Waals surface area contributed by atoms with Gasteiger partial charge in [0, 0.05) is 30.4 Å². The number of fused-ring (bicyclic) bond motifs is 1. The molecule has 1 atom stereocenters. The molecular formula is C21H22N2O2. The molecule has 0 bridgehead atoms. The fourth-order valence-corrected chi connectivity index (χ4v) is 3.13. The molecule has 1 unspecified atom stereocenters. The van der Waals surface area contributed by atoms with Crippen LogP contribution in [0.3, 0.4) is 0 Å². The van der Waals surface area contributed by atoms with Gasteiger partial charge in [-0.05, 0) is 23.6 Å². The second kappa shape index (κ2) is 7.90. The number of benzene rings is 2. The van der Waals surface area contributed by atoms with Crippen molar-refractivity contribution in [1.82, 2.24) is 9.88 Å². The number of aromatic nitrogens is 1. The molecule has 0 saturated heterocycles. The second-order valence-corrected chi connectivity index (χ2v) is 6.15. The van der Waals surface area contributed by atoms with Crippen LogP contribution in [0.25, 0.3) is 10.8 Å². The lowest BCUT2D eigenvalue weighted by Gasteiger charge is -2.28. The molecule has 0 fully saturated rings. The molecule has 3 rings (SSSR count). The normalized spacial score (nSPS) is 12.3. The van der Waals surface area contributed by atoms with E-state index >= 15 is 0 Å². The second-order valence-electron chi connectivity index (χ2n) is 6.15. The summed E-state index contributed by atoms with van der Waals surface area (Å²) in [6.07, 6.45) is 4.00. The molecule has 0 aliphatic carbocycles. The van der Waals surface area contributed by atoms with Crippen molar-refractivity contribution in [2.45, 2.75) is 19.0 Å². The highest BCUT2D eigenvalue weighted by Gasteiger charge is 2.23. The van der Waals surface area contributed by atoms with Crippen molar-refractivity contribution < 1.29 is 9.53 Å². The summed E-state index contributed by atoms with van der Waals surface area (Å²) in [7, 11) is 3.46. The Bertz CT molecular complexity index is 843. The number of pyridine rings is 1. The summed E-state index contributed by atoms with van der Waals surface area (Å²) in [4.78, 5) is 18.6. The molecule has 25 heavy (non-hydrogen) atoms. The smallest absolute Gasteiger partial charge is 0.307 e. The Labute approximate surface area is 148 Å². The molecule has 128 valence electrons. The number of hydrogen-bond donors (Lipinski definition) is 0. The number of ether oxygens (including phenoxy) is 1. The monoisotopic (exact) mass is 334 g/mol. The first-order valence-corrected chi connectivity index (χ1v) is 8.32. The standard InChI is InChI=1S/C21H22N2O2/c1-23(15-16-8-4-3-5-9-16)20(12-21(24)25-2)19-14-22-13-17-10-6-7-11-18(17)19/h3-11,13-14,20H,12,15H2,1-2H3. The van der Waals surface area contributed by atoms with Gasteiger partial charge in [0.25, 0.3) is 0 Å². The van der Waals surface area contributed by atoms with Gasteiger partial charge < -0.3 is 4.74 Å². The zero-order valence-electron chi connectivity index (χ0n) is 14.6. The Morgan fingerprint density at radius 3 is 2.56 bits per heavy atom. The third kappa shape index (κ3) is 4.03. The van der Waals surface area contributed by atoms with Crippen molar-refractivity contribution in [3.05, 3.63) is 78.1 Å². The van der Waals surface area contributed by atoms with Crippen LogP contribution >= 0.6 is 0 Å². The molecular weight excluding hydrogens is 312 g/mol. The van der Waals surface area contributed by atoms with Crippen LogP contribution in [0.15, 0.2) is 67.0 Å². The third-order valence-corrected chi connectivity index (χ3v) is 4.45. The van der Waals surface area contributed by atoms with Crippen molar-refractivity contribution in [2.75, 3.05) is 14.2 Å². The molecule has 1 heterocycles. The highest BCUT2D eigenvalue weighted by atomic mass is 16.5. The van der Waals surface area contributed by atoms with Crippen LogP contribution in [-0.2, 0) is 16.1 Å². The first-order chi connectivity index (χ1) is 12.2. The maximum absolute atomic E-state index is 12.0. The number of hydrogen-bond acceptors (Lipinski definition) is 4. The molecule has 0 aliphatic rings. The lowest BCUT2D eigenvalue weighted by molar-refractivity contribution is -0.142. The molecule has 2 aromatic carbocycles. The van der Waals surface area contributed by atoms with Gasteiger partial charge in [-0.1, -0.05) is 54.6 Å². The predicted octanol–water partition coefficient (Wildman–Crippen LogP) is 3.97. The van der Waals surface area contributed by atoms with Gasteiger partial charge in [-0.25, -0.2) is 0 Å². The van der Waals surface area contributed by atoms with Gasteiger partial charge in [0.1, 0.15) is 0 Å². The van der Waals surface area contributed by atoms with Gasteiger partial charge >= 0.3 is 5.97 Å². The fourth-order valence-electron chi connectivity index (χ4n) is 3.13. The third-order valence-electron chi connectivity index (χ3n) is 4.45. The molecule has 3 aromatic rings. The van der Waals surface area contributed by atoms with E-state index in [0.717, 1.165) is 22.9 Å². The summed E-state index contributed by atoms with van der Waals surface area (Å²) in [5.74, 6) is -0.224. The van der Waals surface area contributed by atoms with Crippen LogP contribution in [-0.4, -0.2) is 30.0 Å². The average molecular weight is 334 g/mol. The number of rotatable bonds is 6. The van der Waals surface area contributed by atoms with E-state index in [-0.39, 0.29) is 18.4 Å². The summed E-state index contributed by atoms with van der Waals surface area (Å²) in [5, 5.41) is 2.19. The minimum Gasteiger partial charge on any atom is -0.469 e. The fraction of sp³-hybridized carbons (Fsp3) is 0.238. The quantitative estimate of drug-likeness (QED) is 0.640. The van der Waals surface area contributed by atoms with E-state index in [4.69, 9.17) is 4.74 Å². The minimum absolute atomic E-state index is 0.105. The van der Waals surface area contributed by atoms with Crippen LogP contribution in [0.5, 0.6) is 0 Å². The SMILES string of the molecule is COC(=O)CC(c1cncc2ccccc12)N(C)Cc1ccccc1. The Balaban J connectivity index is 1.97. The van der Waals surface area contributed by atoms with Gasteiger partial charge in [0.05, 0.1) is 13.5 Å². The minimum atomic E-state index is -0.224. The van der Waals surface area contributed by atoms with Crippen LogP contribution < -0.4 is 0 Å². The summed E-state index contributed by atoms with van der Waals surface area (Å²) in [6.45, 7) is 0.742. The van der Waals surface area contributed by atoms with Crippen LogP contribution in [0.2, 0.25) is 0 Å². The number of esters is 1. The summed E-state index contributed by atoms with van der Waals surface area (Å²) >= 11 is 0.